The number of aromatic nitrogens is 3. The van der Waals surface area contributed by atoms with Gasteiger partial charge in [-0.1, -0.05) is 12.1 Å². The standard InChI is InChI=1S/C25H18F2N6O2/c26-25(27)9-18(10-28)33(13-25)23(34)12-31-24(35)19-5-6-30-22-4-2-16(8-20(19)22)15-1-3-21-17(7-15)11-29-14-32-21/h1-8,11,14,18H,9,12-13H2,(H,31,35)/t18-/m0/s1. The third-order valence-electron chi connectivity index (χ3n) is 5.96. The Kier molecular flexibility index (Phi) is 5.53. The van der Waals surface area contributed by atoms with Crippen LogP contribution in [0.2, 0.25) is 0 Å². The summed E-state index contributed by atoms with van der Waals surface area (Å²) in [5.74, 6) is -4.40. The second kappa shape index (κ2) is 8.68. The van der Waals surface area contributed by atoms with Crippen LogP contribution in [0.3, 0.4) is 0 Å². The summed E-state index contributed by atoms with van der Waals surface area (Å²) < 4.78 is 27.3. The fourth-order valence-corrected chi connectivity index (χ4v) is 4.24. The number of halogens is 2. The van der Waals surface area contributed by atoms with Crippen LogP contribution >= 0.6 is 0 Å². The SMILES string of the molecule is N#C[C@@H]1CC(F)(F)CN1C(=O)CNC(=O)c1ccnc2ccc(-c3ccc4ncncc4c3)cc12. The van der Waals surface area contributed by atoms with E-state index in [4.69, 9.17) is 5.26 Å². The van der Waals surface area contributed by atoms with Crippen molar-refractivity contribution in [3.05, 3.63) is 66.7 Å². The number of hydrogen-bond donors (Lipinski definition) is 1. The Hall–Kier alpha value is -4.52. The number of nitrogens with one attached hydrogen (secondary N) is 1. The predicted octanol–water partition coefficient (Wildman–Crippen LogP) is 3.33. The second-order valence-corrected chi connectivity index (χ2v) is 8.30. The number of pyridine rings is 1. The van der Waals surface area contributed by atoms with E-state index in [9.17, 15) is 18.4 Å². The molecule has 1 fully saturated rings. The normalized spacial score (nSPS) is 16.8. The Bertz CT molecular complexity index is 1520. The van der Waals surface area contributed by atoms with E-state index in [0.29, 0.717) is 10.9 Å². The van der Waals surface area contributed by atoms with Crippen LogP contribution in [0.25, 0.3) is 32.9 Å². The van der Waals surface area contributed by atoms with E-state index in [-0.39, 0.29) is 5.56 Å². The number of carbonyl (C=O) groups is 2. The maximum absolute atomic E-state index is 13.6. The molecule has 8 nitrogen and oxygen atoms in total. The van der Waals surface area contributed by atoms with Crippen molar-refractivity contribution in [1.29, 1.82) is 5.26 Å². The third-order valence-corrected chi connectivity index (χ3v) is 5.96. The number of rotatable bonds is 4. The topological polar surface area (TPSA) is 112 Å². The Morgan fingerprint density at radius 2 is 1.89 bits per heavy atom. The van der Waals surface area contributed by atoms with Crippen LogP contribution in [0.5, 0.6) is 0 Å². The lowest BCUT2D eigenvalue weighted by Crippen LogP contribution is -2.43. The minimum absolute atomic E-state index is 0.289. The molecule has 2 aromatic heterocycles. The van der Waals surface area contributed by atoms with Gasteiger partial charge in [-0.2, -0.15) is 5.26 Å². The van der Waals surface area contributed by atoms with Gasteiger partial charge in [0.2, 0.25) is 5.91 Å². The number of alkyl halides is 2. The molecule has 4 aromatic rings. The van der Waals surface area contributed by atoms with Gasteiger partial charge in [0.1, 0.15) is 12.4 Å². The highest BCUT2D eigenvalue weighted by molar-refractivity contribution is 6.07. The van der Waals surface area contributed by atoms with Gasteiger partial charge < -0.3 is 10.2 Å². The van der Waals surface area contributed by atoms with E-state index in [1.54, 1.807) is 18.3 Å². The molecule has 174 valence electrons. The lowest BCUT2D eigenvalue weighted by atomic mass is 9.99. The molecule has 0 aliphatic carbocycles. The Labute approximate surface area is 198 Å². The zero-order valence-electron chi connectivity index (χ0n) is 18.3. The van der Waals surface area contributed by atoms with E-state index in [1.807, 2.05) is 30.3 Å². The van der Waals surface area contributed by atoms with Gasteiger partial charge in [-0.15, -0.1) is 0 Å². The van der Waals surface area contributed by atoms with E-state index >= 15 is 0 Å². The van der Waals surface area contributed by atoms with Crippen molar-refractivity contribution in [2.24, 2.45) is 0 Å². The Morgan fingerprint density at radius 3 is 2.69 bits per heavy atom. The summed E-state index contributed by atoms with van der Waals surface area (Å²) in [6, 6.07) is 13.3. The number of benzene rings is 2. The number of nitrogens with zero attached hydrogens (tertiary/aromatic N) is 5. The van der Waals surface area contributed by atoms with E-state index in [1.165, 1.54) is 18.6 Å². The molecule has 1 aliphatic heterocycles. The van der Waals surface area contributed by atoms with Gasteiger partial charge in [-0.05, 0) is 41.5 Å². The highest BCUT2D eigenvalue weighted by atomic mass is 19.3. The minimum atomic E-state index is -3.12. The number of carbonyl (C=O) groups excluding carboxylic acids is 2. The minimum Gasteiger partial charge on any atom is -0.343 e. The van der Waals surface area contributed by atoms with Gasteiger partial charge in [0, 0.05) is 29.6 Å². The van der Waals surface area contributed by atoms with Crippen molar-refractivity contribution in [2.45, 2.75) is 18.4 Å². The second-order valence-electron chi connectivity index (χ2n) is 8.30. The third kappa shape index (κ3) is 4.36. The molecule has 1 N–H and O–H groups in total. The quantitative estimate of drug-likeness (QED) is 0.488. The molecule has 0 bridgehead atoms. The molecule has 1 atom stereocenters. The molecule has 2 aromatic carbocycles. The van der Waals surface area contributed by atoms with Gasteiger partial charge >= 0.3 is 0 Å². The molecule has 5 rings (SSSR count). The number of amides is 2. The van der Waals surface area contributed by atoms with Crippen molar-refractivity contribution in [3.8, 4) is 17.2 Å². The Morgan fingerprint density at radius 1 is 1.11 bits per heavy atom. The summed E-state index contributed by atoms with van der Waals surface area (Å²) >= 11 is 0. The average Bonchev–Trinajstić information content (AvgIpc) is 3.20. The molecule has 1 aliphatic rings. The first-order valence-corrected chi connectivity index (χ1v) is 10.8. The van der Waals surface area contributed by atoms with Crippen molar-refractivity contribution >= 4 is 33.6 Å². The molecule has 0 saturated carbocycles. The molecule has 1 saturated heterocycles. The monoisotopic (exact) mass is 472 g/mol. The summed E-state index contributed by atoms with van der Waals surface area (Å²) in [7, 11) is 0. The van der Waals surface area contributed by atoms with Crippen LogP contribution in [-0.4, -0.2) is 56.7 Å². The molecule has 35 heavy (non-hydrogen) atoms. The fourth-order valence-electron chi connectivity index (χ4n) is 4.24. The average molecular weight is 472 g/mol. The molecule has 3 heterocycles. The smallest absolute Gasteiger partial charge is 0.268 e. The van der Waals surface area contributed by atoms with Crippen LogP contribution in [0.4, 0.5) is 8.78 Å². The lowest BCUT2D eigenvalue weighted by Gasteiger charge is -2.19. The van der Waals surface area contributed by atoms with Gasteiger partial charge in [0.25, 0.3) is 11.8 Å². The van der Waals surface area contributed by atoms with E-state index in [0.717, 1.165) is 26.9 Å². The summed E-state index contributed by atoms with van der Waals surface area (Å²) in [5.41, 5.74) is 3.43. The van der Waals surface area contributed by atoms with Gasteiger partial charge in [0.15, 0.2) is 0 Å². The van der Waals surface area contributed by atoms with Crippen molar-refractivity contribution in [1.82, 2.24) is 25.2 Å². The highest BCUT2D eigenvalue weighted by Crippen LogP contribution is 2.32. The molecule has 10 heteroatoms. The number of hydrogen-bond acceptors (Lipinski definition) is 6. The zero-order valence-corrected chi connectivity index (χ0v) is 18.3. The molecule has 0 spiro atoms. The van der Waals surface area contributed by atoms with Crippen molar-refractivity contribution in [2.75, 3.05) is 13.1 Å². The first-order valence-electron chi connectivity index (χ1n) is 10.8. The van der Waals surface area contributed by atoms with Crippen LogP contribution in [0, 0.1) is 11.3 Å². The summed E-state index contributed by atoms with van der Waals surface area (Å²) in [4.78, 5) is 38.8. The van der Waals surface area contributed by atoms with Gasteiger partial charge in [0.05, 0.1) is 35.8 Å². The fraction of sp³-hybridized carbons (Fsp3) is 0.200. The van der Waals surface area contributed by atoms with E-state index < -0.39 is 43.3 Å². The molecule has 0 unspecified atom stereocenters. The lowest BCUT2D eigenvalue weighted by molar-refractivity contribution is -0.131. The molecular formula is C25H18F2N6O2. The van der Waals surface area contributed by atoms with Crippen LogP contribution in [0.1, 0.15) is 16.8 Å². The van der Waals surface area contributed by atoms with Crippen LogP contribution in [0.15, 0.2) is 61.2 Å². The number of fused-ring (bicyclic) bond motifs is 2. The van der Waals surface area contributed by atoms with Crippen LogP contribution < -0.4 is 5.32 Å². The zero-order chi connectivity index (χ0) is 24.6. The predicted molar refractivity (Wildman–Crippen MR) is 123 cm³/mol. The first-order chi connectivity index (χ1) is 16.8. The first kappa shape index (κ1) is 22.3. The number of nitriles is 1. The molecule has 0 radical (unpaired) electrons. The van der Waals surface area contributed by atoms with Gasteiger partial charge in [-0.25, -0.2) is 18.7 Å². The molecular weight excluding hydrogens is 454 g/mol. The largest absolute Gasteiger partial charge is 0.343 e. The maximum Gasteiger partial charge on any atom is 0.268 e. The van der Waals surface area contributed by atoms with Crippen molar-refractivity contribution in [3.63, 3.8) is 0 Å². The Balaban J connectivity index is 1.39. The maximum atomic E-state index is 13.6. The van der Waals surface area contributed by atoms with Crippen molar-refractivity contribution < 1.29 is 18.4 Å². The summed E-state index contributed by atoms with van der Waals surface area (Å²) in [6.07, 6.45) is 3.98. The summed E-state index contributed by atoms with van der Waals surface area (Å²) in [5, 5.41) is 13.0. The van der Waals surface area contributed by atoms with Gasteiger partial charge in [-0.3, -0.25) is 14.6 Å². The number of likely N-dealkylation sites (tertiary alicyclic amines) is 1. The highest BCUT2D eigenvalue weighted by Gasteiger charge is 2.47. The molecule has 2 amide bonds. The van der Waals surface area contributed by atoms with Crippen LogP contribution in [-0.2, 0) is 4.79 Å². The van der Waals surface area contributed by atoms with E-state index in [2.05, 4.69) is 20.3 Å². The summed E-state index contributed by atoms with van der Waals surface area (Å²) in [6.45, 7) is -1.33.